The zero-order valence-electron chi connectivity index (χ0n) is 30.9. The highest BCUT2D eigenvalue weighted by Crippen LogP contribution is 2.39. The van der Waals surface area contributed by atoms with Crippen LogP contribution in [0.25, 0.3) is 0 Å². The van der Waals surface area contributed by atoms with Crippen LogP contribution in [0.2, 0.25) is 0 Å². The third kappa shape index (κ3) is 9.09. The predicted octanol–water partition coefficient (Wildman–Crippen LogP) is 4.16. The molecule has 15 nitrogen and oxygen atoms in total. The minimum absolute atomic E-state index is 0.00626. The number of hydrogen-bond acceptors (Lipinski definition) is 8. The summed E-state index contributed by atoms with van der Waals surface area (Å²) in [6.07, 6.45) is -1.45. The predicted molar refractivity (Wildman–Crippen MR) is 204 cm³/mol. The summed E-state index contributed by atoms with van der Waals surface area (Å²) < 4.78 is 0. The number of para-hydroxylation sites is 1. The third-order valence-electron chi connectivity index (χ3n) is 9.52. The SMILES string of the molecule is Cc1ccccc1NC(=O)NCc1ccc(C2(C)C(=O)N(CC(=O)N(C)/C(=C/C(=O)O)C(O)N[C@H](C(=O)O)c3ccccc3)C(=O)N2Cc2ccccc2)cc1. The molecule has 4 aromatic carbocycles. The highest BCUT2D eigenvalue weighted by Gasteiger charge is 2.55. The Kier molecular flexibility index (Phi) is 12.6. The van der Waals surface area contributed by atoms with Crippen LogP contribution in [-0.4, -0.2) is 85.7 Å². The molecule has 2 unspecified atom stereocenters. The standard InChI is InChI=1S/C41H42N6O9/c1-26-12-10-11-17-31(26)43-39(55)42-23-27-18-20-30(21-19-27)41(2)38(54)46(40(56)47(41)24-28-13-6-4-7-14-28)25-33(48)45(3)32(22-34(49)50)36(51)44-35(37(52)53)29-15-8-5-9-16-29/h4-22,35-36,44,51H,23-25H2,1-3H3,(H,49,50)(H,52,53)(H2,42,43,55)/b32-22+/t35-,36?,41?/m0/s1. The average molecular weight is 763 g/mol. The van der Waals surface area contributed by atoms with Crippen LogP contribution in [0, 0.1) is 6.92 Å². The molecule has 6 N–H and O–H groups in total. The van der Waals surface area contributed by atoms with Crippen molar-refractivity contribution in [2.45, 2.75) is 44.7 Å². The lowest BCUT2D eigenvalue weighted by Crippen LogP contribution is -2.47. The summed E-state index contributed by atoms with van der Waals surface area (Å²) in [5, 5.41) is 38.5. The summed E-state index contributed by atoms with van der Waals surface area (Å²) in [4.78, 5) is 81.5. The van der Waals surface area contributed by atoms with Crippen LogP contribution >= 0.6 is 0 Å². The van der Waals surface area contributed by atoms with Crippen molar-refractivity contribution >= 4 is 41.5 Å². The maximum Gasteiger partial charge on any atom is 0.330 e. The lowest BCUT2D eigenvalue weighted by molar-refractivity contribution is -0.141. The second kappa shape index (κ2) is 17.5. The number of urea groups is 2. The van der Waals surface area contributed by atoms with Crippen molar-refractivity contribution in [3.05, 3.63) is 149 Å². The summed E-state index contributed by atoms with van der Waals surface area (Å²) in [5.74, 6) is -4.60. The monoisotopic (exact) mass is 762 g/mol. The fourth-order valence-corrected chi connectivity index (χ4v) is 6.29. The van der Waals surface area contributed by atoms with Crippen molar-refractivity contribution in [2.75, 3.05) is 18.9 Å². The zero-order valence-corrected chi connectivity index (χ0v) is 30.9. The van der Waals surface area contributed by atoms with Crippen molar-refractivity contribution in [1.82, 2.24) is 25.3 Å². The van der Waals surface area contributed by atoms with Crippen molar-refractivity contribution in [3.8, 4) is 0 Å². The minimum atomic E-state index is -1.98. The minimum Gasteiger partial charge on any atom is -0.480 e. The molecule has 5 rings (SSSR count). The number of imide groups is 1. The number of rotatable bonds is 15. The number of aryl methyl sites for hydroxylation is 1. The Hall–Kier alpha value is -6.84. The summed E-state index contributed by atoms with van der Waals surface area (Å²) in [5.41, 5.74) is 1.52. The molecule has 1 heterocycles. The molecule has 0 spiro atoms. The van der Waals surface area contributed by atoms with Gasteiger partial charge < -0.3 is 35.8 Å². The number of aliphatic hydroxyl groups is 1. The van der Waals surface area contributed by atoms with Crippen LogP contribution in [0.5, 0.6) is 0 Å². The number of aliphatic hydroxyl groups excluding tert-OH is 1. The molecule has 1 aliphatic heterocycles. The number of anilines is 1. The number of nitrogens with one attached hydrogen (secondary N) is 3. The molecule has 290 valence electrons. The summed E-state index contributed by atoms with van der Waals surface area (Å²) in [6, 6.07) is 28.2. The number of carbonyl (C=O) groups excluding carboxylic acids is 4. The van der Waals surface area contributed by atoms with E-state index in [0.717, 1.165) is 22.4 Å². The maximum absolute atomic E-state index is 14.3. The van der Waals surface area contributed by atoms with E-state index in [9.17, 15) is 44.1 Å². The summed E-state index contributed by atoms with van der Waals surface area (Å²) in [7, 11) is 1.14. The van der Waals surface area contributed by atoms with Gasteiger partial charge >= 0.3 is 24.0 Å². The first kappa shape index (κ1) is 40.3. The van der Waals surface area contributed by atoms with Gasteiger partial charge in [-0.05, 0) is 47.7 Å². The number of carbonyl (C=O) groups is 6. The van der Waals surface area contributed by atoms with Crippen LogP contribution in [0.15, 0.2) is 121 Å². The smallest absolute Gasteiger partial charge is 0.330 e. The van der Waals surface area contributed by atoms with Gasteiger partial charge in [-0.1, -0.05) is 103 Å². The molecule has 0 bridgehead atoms. The molecule has 0 aliphatic carbocycles. The zero-order chi connectivity index (χ0) is 40.6. The van der Waals surface area contributed by atoms with Gasteiger partial charge in [-0.15, -0.1) is 0 Å². The van der Waals surface area contributed by atoms with Crippen LogP contribution in [0.3, 0.4) is 0 Å². The number of hydrogen-bond donors (Lipinski definition) is 6. The fourth-order valence-electron chi connectivity index (χ4n) is 6.29. The molecule has 0 aromatic heterocycles. The normalized spacial score (nSPS) is 16.6. The molecule has 3 atom stereocenters. The molecule has 0 radical (unpaired) electrons. The molecule has 6 amide bonds. The molecule has 15 heteroatoms. The molecule has 56 heavy (non-hydrogen) atoms. The highest BCUT2D eigenvalue weighted by atomic mass is 16.4. The number of amides is 6. The topological polar surface area (TPSA) is 209 Å². The van der Waals surface area contributed by atoms with Gasteiger partial charge in [0.1, 0.15) is 24.4 Å². The van der Waals surface area contributed by atoms with Gasteiger partial charge in [0.25, 0.3) is 5.91 Å². The van der Waals surface area contributed by atoms with Crippen molar-refractivity contribution in [3.63, 3.8) is 0 Å². The second-order valence-corrected chi connectivity index (χ2v) is 13.2. The molecular formula is C41H42N6O9. The lowest BCUT2D eigenvalue weighted by Gasteiger charge is -2.32. The van der Waals surface area contributed by atoms with Gasteiger partial charge in [0, 0.05) is 31.9 Å². The number of aliphatic carboxylic acids is 2. The summed E-state index contributed by atoms with van der Waals surface area (Å²) in [6.45, 7) is 2.76. The number of carboxylic acids is 2. The molecule has 4 aromatic rings. The number of nitrogens with zero attached hydrogens (tertiary/aromatic N) is 3. The van der Waals surface area contributed by atoms with Gasteiger partial charge in [-0.2, -0.15) is 0 Å². The van der Waals surface area contributed by atoms with E-state index in [1.54, 1.807) is 85.8 Å². The Morgan fingerprint density at radius 2 is 1.45 bits per heavy atom. The van der Waals surface area contributed by atoms with E-state index in [2.05, 4.69) is 16.0 Å². The van der Waals surface area contributed by atoms with Crippen LogP contribution in [0.4, 0.5) is 15.3 Å². The van der Waals surface area contributed by atoms with Crippen LogP contribution in [0.1, 0.15) is 40.8 Å². The summed E-state index contributed by atoms with van der Waals surface area (Å²) >= 11 is 0. The molecule has 1 aliphatic rings. The average Bonchev–Trinajstić information content (AvgIpc) is 3.36. The van der Waals surface area contributed by atoms with Gasteiger partial charge in [0.2, 0.25) is 5.91 Å². The van der Waals surface area contributed by atoms with E-state index in [-0.39, 0.29) is 18.7 Å². The quantitative estimate of drug-likeness (QED) is 0.0579. The Balaban J connectivity index is 1.36. The Labute approximate surface area is 322 Å². The van der Waals surface area contributed by atoms with E-state index in [0.29, 0.717) is 28.5 Å². The molecule has 1 fully saturated rings. The van der Waals surface area contributed by atoms with Crippen molar-refractivity contribution in [2.24, 2.45) is 0 Å². The first-order valence-electron chi connectivity index (χ1n) is 17.5. The van der Waals surface area contributed by atoms with Gasteiger partial charge in [-0.25, -0.2) is 14.4 Å². The lowest BCUT2D eigenvalue weighted by atomic mass is 9.89. The fraction of sp³-hybridized carbons (Fsp3) is 0.220. The van der Waals surface area contributed by atoms with E-state index in [4.69, 9.17) is 0 Å². The first-order chi connectivity index (χ1) is 26.7. The van der Waals surface area contributed by atoms with Crippen LogP contribution < -0.4 is 16.0 Å². The third-order valence-corrected chi connectivity index (χ3v) is 9.52. The van der Waals surface area contributed by atoms with Gasteiger partial charge in [0.05, 0.1) is 5.70 Å². The van der Waals surface area contributed by atoms with E-state index in [1.165, 1.54) is 17.0 Å². The molecule has 0 saturated carbocycles. The largest absolute Gasteiger partial charge is 0.480 e. The van der Waals surface area contributed by atoms with Crippen molar-refractivity contribution < 1.29 is 44.1 Å². The van der Waals surface area contributed by atoms with Gasteiger partial charge in [-0.3, -0.25) is 24.6 Å². The first-order valence-corrected chi connectivity index (χ1v) is 17.5. The van der Waals surface area contributed by atoms with Crippen molar-refractivity contribution in [1.29, 1.82) is 0 Å². The van der Waals surface area contributed by atoms with Gasteiger partial charge in [0.15, 0.2) is 0 Å². The highest BCUT2D eigenvalue weighted by molar-refractivity contribution is 6.09. The van der Waals surface area contributed by atoms with Crippen LogP contribution in [-0.2, 0) is 37.8 Å². The maximum atomic E-state index is 14.3. The van der Waals surface area contributed by atoms with E-state index < -0.39 is 65.9 Å². The number of carboxylic acid groups (broad SMARTS) is 2. The number of benzene rings is 4. The Bertz CT molecular complexity index is 2130. The molecular weight excluding hydrogens is 720 g/mol. The molecule has 1 saturated heterocycles. The van der Waals surface area contributed by atoms with E-state index in [1.807, 2.05) is 25.1 Å². The Morgan fingerprint density at radius 3 is 2.05 bits per heavy atom. The van der Waals surface area contributed by atoms with E-state index >= 15 is 0 Å². The Morgan fingerprint density at radius 1 is 0.839 bits per heavy atom. The second-order valence-electron chi connectivity index (χ2n) is 13.2. The number of likely N-dealkylation sites (N-methyl/N-ethyl adjacent to an activating group) is 1.